The minimum Gasteiger partial charge on any atom is -0.325 e. The molecule has 0 heterocycles. The van der Waals surface area contributed by atoms with Crippen molar-refractivity contribution in [2.24, 2.45) is 5.73 Å². The number of hydrogen-bond acceptors (Lipinski definition) is 2. The van der Waals surface area contributed by atoms with Crippen molar-refractivity contribution in [1.29, 1.82) is 0 Å². The van der Waals surface area contributed by atoms with Crippen molar-refractivity contribution in [3.63, 3.8) is 0 Å². The van der Waals surface area contributed by atoms with Crippen LogP contribution < -0.4 is 11.1 Å². The molecule has 1 aromatic rings. The first-order valence-corrected chi connectivity index (χ1v) is 6.32. The number of rotatable bonds is 3. The molecule has 0 atom stereocenters. The Labute approximate surface area is 102 Å². The second-order valence-corrected chi connectivity index (χ2v) is 5.23. The third kappa shape index (κ3) is 3.27. The number of nitrogens with two attached hydrogens (primary N) is 1. The van der Waals surface area contributed by atoms with Gasteiger partial charge in [-0.1, -0.05) is 12.1 Å². The summed E-state index contributed by atoms with van der Waals surface area (Å²) in [6.07, 6.45) is 5.19. The summed E-state index contributed by atoms with van der Waals surface area (Å²) in [6.45, 7) is 0. The highest BCUT2D eigenvalue weighted by atomic mass is 19.1. The monoisotopic (exact) mass is 236 g/mol. The van der Waals surface area contributed by atoms with Gasteiger partial charge in [-0.2, -0.15) is 0 Å². The summed E-state index contributed by atoms with van der Waals surface area (Å²) in [5.74, 6) is -0.182. The van der Waals surface area contributed by atoms with Crippen molar-refractivity contribution in [2.75, 3.05) is 7.05 Å². The fourth-order valence-electron chi connectivity index (χ4n) is 2.67. The molecular weight excluding hydrogens is 215 g/mol. The van der Waals surface area contributed by atoms with Gasteiger partial charge in [0, 0.05) is 11.6 Å². The molecule has 0 aromatic heterocycles. The molecule has 1 aliphatic carbocycles. The number of halogens is 1. The predicted molar refractivity (Wildman–Crippen MR) is 68.3 cm³/mol. The summed E-state index contributed by atoms with van der Waals surface area (Å²) in [6, 6.07) is 7.32. The van der Waals surface area contributed by atoms with Gasteiger partial charge in [0.1, 0.15) is 5.82 Å². The Balaban J connectivity index is 1.96. The Kier molecular flexibility index (Phi) is 3.79. The van der Waals surface area contributed by atoms with Crippen molar-refractivity contribution >= 4 is 0 Å². The highest BCUT2D eigenvalue weighted by molar-refractivity contribution is 5.19. The van der Waals surface area contributed by atoms with Gasteiger partial charge >= 0.3 is 0 Å². The molecule has 1 aromatic carbocycles. The van der Waals surface area contributed by atoms with Gasteiger partial charge < -0.3 is 11.1 Å². The van der Waals surface area contributed by atoms with Crippen LogP contribution in [-0.4, -0.2) is 18.6 Å². The van der Waals surface area contributed by atoms with E-state index in [1.165, 1.54) is 12.1 Å². The van der Waals surface area contributed by atoms with Crippen molar-refractivity contribution in [3.8, 4) is 0 Å². The molecular formula is C14H21FN2. The van der Waals surface area contributed by atoms with Gasteiger partial charge in [-0.3, -0.25) is 0 Å². The summed E-state index contributed by atoms with van der Waals surface area (Å²) >= 11 is 0. The maximum atomic E-state index is 12.8. The van der Waals surface area contributed by atoms with Crippen LogP contribution in [0.2, 0.25) is 0 Å². The molecule has 3 heteroatoms. The first-order chi connectivity index (χ1) is 8.11. The van der Waals surface area contributed by atoms with E-state index in [1.54, 1.807) is 0 Å². The standard InChI is InChI=1S/C14H21FN2/c1-17-13-6-8-14(16,9-7-13)10-11-2-4-12(15)5-3-11/h2-5,13,17H,6-10,16H2,1H3. The second kappa shape index (κ2) is 5.15. The van der Waals surface area contributed by atoms with E-state index in [0.717, 1.165) is 37.7 Å². The lowest BCUT2D eigenvalue weighted by Crippen LogP contribution is -2.48. The number of nitrogens with one attached hydrogen (secondary N) is 1. The van der Waals surface area contributed by atoms with Crippen molar-refractivity contribution in [2.45, 2.75) is 43.7 Å². The van der Waals surface area contributed by atoms with Crippen LogP contribution in [-0.2, 0) is 6.42 Å². The Morgan fingerprint density at radius 1 is 1.29 bits per heavy atom. The van der Waals surface area contributed by atoms with Crippen LogP contribution in [0.3, 0.4) is 0 Å². The van der Waals surface area contributed by atoms with Crippen LogP contribution in [0.4, 0.5) is 4.39 Å². The first kappa shape index (κ1) is 12.5. The Morgan fingerprint density at radius 2 is 1.88 bits per heavy atom. The van der Waals surface area contributed by atoms with E-state index >= 15 is 0 Å². The average molecular weight is 236 g/mol. The van der Waals surface area contributed by atoms with E-state index in [9.17, 15) is 4.39 Å². The van der Waals surface area contributed by atoms with Crippen LogP contribution in [0.15, 0.2) is 24.3 Å². The molecule has 1 saturated carbocycles. The lowest BCUT2D eigenvalue weighted by Gasteiger charge is -2.37. The summed E-state index contributed by atoms with van der Waals surface area (Å²) in [7, 11) is 2.01. The van der Waals surface area contributed by atoms with E-state index in [2.05, 4.69) is 5.32 Å². The van der Waals surface area contributed by atoms with E-state index in [1.807, 2.05) is 19.2 Å². The summed E-state index contributed by atoms with van der Waals surface area (Å²) < 4.78 is 12.8. The average Bonchev–Trinajstić information content (AvgIpc) is 2.33. The van der Waals surface area contributed by atoms with Gasteiger partial charge in [0.15, 0.2) is 0 Å². The van der Waals surface area contributed by atoms with E-state index in [4.69, 9.17) is 5.73 Å². The summed E-state index contributed by atoms with van der Waals surface area (Å²) in [5.41, 5.74) is 7.45. The zero-order chi connectivity index (χ0) is 12.3. The molecule has 17 heavy (non-hydrogen) atoms. The first-order valence-electron chi connectivity index (χ1n) is 6.32. The summed E-state index contributed by atoms with van der Waals surface area (Å²) in [5, 5.41) is 3.31. The SMILES string of the molecule is CNC1CCC(N)(Cc2ccc(F)cc2)CC1. The molecule has 94 valence electrons. The van der Waals surface area contributed by atoms with Crippen LogP contribution >= 0.6 is 0 Å². The van der Waals surface area contributed by atoms with E-state index < -0.39 is 0 Å². The predicted octanol–water partition coefficient (Wildman–Crippen LogP) is 2.23. The lowest BCUT2D eigenvalue weighted by atomic mass is 9.76. The molecule has 2 nitrogen and oxygen atoms in total. The molecule has 0 radical (unpaired) electrons. The molecule has 0 aliphatic heterocycles. The van der Waals surface area contributed by atoms with Gasteiger partial charge in [-0.25, -0.2) is 4.39 Å². The van der Waals surface area contributed by atoms with Gasteiger partial charge in [0.05, 0.1) is 0 Å². The second-order valence-electron chi connectivity index (χ2n) is 5.23. The third-order valence-electron chi connectivity index (χ3n) is 3.86. The number of benzene rings is 1. The van der Waals surface area contributed by atoms with Crippen LogP contribution in [0, 0.1) is 5.82 Å². The molecule has 1 aliphatic rings. The van der Waals surface area contributed by atoms with Crippen LogP contribution in [0.5, 0.6) is 0 Å². The largest absolute Gasteiger partial charge is 0.325 e. The molecule has 0 saturated heterocycles. The van der Waals surface area contributed by atoms with Crippen molar-refractivity contribution in [3.05, 3.63) is 35.6 Å². The minimum absolute atomic E-state index is 0.106. The highest BCUT2D eigenvalue weighted by Gasteiger charge is 2.31. The zero-order valence-electron chi connectivity index (χ0n) is 10.4. The normalized spacial score (nSPS) is 29.2. The van der Waals surface area contributed by atoms with Gasteiger partial charge in [-0.15, -0.1) is 0 Å². The van der Waals surface area contributed by atoms with Gasteiger partial charge in [0.25, 0.3) is 0 Å². The fraction of sp³-hybridized carbons (Fsp3) is 0.571. The Bertz CT molecular complexity index is 353. The number of hydrogen-bond donors (Lipinski definition) is 2. The molecule has 3 N–H and O–H groups in total. The maximum absolute atomic E-state index is 12.8. The third-order valence-corrected chi connectivity index (χ3v) is 3.86. The fourth-order valence-corrected chi connectivity index (χ4v) is 2.67. The van der Waals surface area contributed by atoms with Crippen LogP contribution in [0.25, 0.3) is 0 Å². The Morgan fingerprint density at radius 3 is 2.41 bits per heavy atom. The molecule has 2 rings (SSSR count). The van der Waals surface area contributed by atoms with Crippen molar-refractivity contribution < 1.29 is 4.39 Å². The summed E-state index contributed by atoms with van der Waals surface area (Å²) in [4.78, 5) is 0. The topological polar surface area (TPSA) is 38.0 Å². The maximum Gasteiger partial charge on any atom is 0.123 e. The zero-order valence-corrected chi connectivity index (χ0v) is 10.4. The smallest absolute Gasteiger partial charge is 0.123 e. The van der Waals surface area contributed by atoms with Gasteiger partial charge in [-0.05, 0) is 56.8 Å². The molecule has 1 fully saturated rings. The molecule has 0 spiro atoms. The molecule has 0 amide bonds. The minimum atomic E-state index is -0.182. The van der Waals surface area contributed by atoms with Crippen LogP contribution in [0.1, 0.15) is 31.2 Å². The highest BCUT2D eigenvalue weighted by Crippen LogP contribution is 2.29. The quantitative estimate of drug-likeness (QED) is 0.844. The van der Waals surface area contributed by atoms with Gasteiger partial charge in [0.2, 0.25) is 0 Å². The lowest BCUT2D eigenvalue weighted by molar-refractivity contribution is 0.254. The molecule has 0 unspecified atom stereocenters. The Hall–Kier alpha value is -0.930. The van der Waals surface area contributed by atoms with E-state index in [-0.39, 0.29) is 11.4 Å². The van der Waals surface area contributed by atoms with Crippen molar-refractivity contribution in [1.82, 2.24) is 5.32 Å². The van der Waals surface area contributed by atoms with E-state index in [0.29, 0.717) is 6.04 Å². The molecule has 0 bridgehead atoms.